The minimum absolute atomic E-state index is 0. The molecule has 3 nitrogen and oxygen atoms in total. The lowest BCUT2D eigenvalue weighted by molar-refractivity contribution is -0.127. The molecule has 1 aliphatic carbocycles. The van der Waals surface area contributed by atoms with Crippen molar-refractivity contribution >= 4 is 18.3 Å². The van der Waals surface area contributed by atoms with Gasteiger partial charge < -0.3 is 10.6 Å². The largest absolute Gasteiger partial charge is 0.346 e. The van der Waals surface area contributed by atoms with E-state index >= 15 is 0 Å². The van der Waals surface area contributed by atoms with Crippen LogP contribution in [0.4, 0.5) is 4.39 Å². The lowest BCUT2D eigenvalue weighted by Crippen LogP contribution is -2.48. The van der Waals surface area contributed by atoms with Gasteiger partial charge in [-0.1, -0.05) is 25.0 Å². The summed E-state index contributed by atoms with van der Waals surface area (Å²) < 4.78 is 13.2. The van der Waals surface area contributed by atoms with Gasteiger partial charge in [0.15, 0.2) is 0 Å². The first kappa shape index (κ1) is 17.2. The first-order valence-electron chi connectivity index (χ1n) is 7.98. The maximum absolute atomic E-state index is 13.2. The number of hydrogen-bond acceptors (Lipinski definition) is 2. The fourth-order valence-corrected chi connectivity index (χ4v) is 3.66. The number of rotatable bonds is 3. The molecule has 1 saturated heterocycles. The van der Waals surface area contributed by atoms with Crippen LogP contribution in [-0.4, -0.2) is 19.0 Å². The first-order valence-corrected chi connectivity index (χ1v) is 7.98. The van der Waals surface area contributed by atoms with Crippen LogP contribution in [0.3, 0.4) is 0 Å². The molecule has 5 heteroatoms. The summed E-state index contributed by atoms with van der Waals surface area (Å²) in [6.45, 7) is 1.84. The molecule has 2 aliphatic rings. The molecule has 0 aromatic heterocycles. The Morgan fingerprint density at radius 3 is 2.32 bits per heavy atom. The molecule has 0 atom stereocenters. The van der Waals surface area contributed by atoms with E-state index in [1.807, 2.05) is 12.1 Å². The van der Waals surface area contributed by atoms with Gasteiger partial charge >= 0.3 is 0 Å². The monoisotopic (exact) mass is 326 g/mol. The highest BCUT2D eigenvalue weighted by atomic mass is 35.5. The van der Waals surface area contributed by atoms with Crippen molar-refractivity contribution in [2.24, 2.45) is 5.92 Å². The Balaban J connectivity index is 0.00000176. The number of hydrogen-bond donors (Lipinski definition) is 2. The molecule has 3 rings (SSSR count). The van der Waals surface area contributed by atoms with E-state index in [1.165, 1.54) is 12.1 Å². The topological polar surface area (TPSA) is 41.1 Å². The standard InChI is InChI=1S/C17H23FN2O.ClH/c18-15-5-3-14(4-6-15)17(9-1-2-10-17)20-16(21)13-7-11-19-12-8-13;/h3-6,13,19H,1-2,7-12H2,(H,20,21);1H. The second kappa shape index (κ2) is 7.42. The molecular formula is C17H24ClFN2O. The zero-order valence-corrected chi connectivity index (χ0v) is 13.6. The molecule has 1 saturated carbocycles. The molecule has 1 aromatic rings. The zero-order valence-electron chi connectivity index (χ0n) is 12.7. The normalized spacial score (nSPS) is 21.1. The van der Waals surface area contributed by atoms with Crippen molar-refractivity contribution in [1.29, 1.82) is 0 Å². The number of nitrogens with one attached hydrogen (secondary N) is 2. The quantitative estimate of drug-likeness (QED) is 0.896. The van der Waals surface area contributed by atoms with Gasteiger partial charge in [0.05, 0.1) is 5.54 Å². The van der Waals surface area contributed by atoms with E-state index in [1.54, 1.807) is 0 Å². The Bertz CT molecular complexity index is 494. The summed E-state index contributed by atoms with van der Waals surface area (Å²) in [6, 6.07) is 6.63. The van der Waals surface area contributed by atoms with E-state index in [4.69, 9.17) is 0 Å². The van der Waals surface area contributed by atoms with Gasteiger partial charge in [-0.2, -0.15) is 0 Å². The van der Waals surface area contributed by atoms with Gasteiger partial charge in [-0.05, 0) is 56.5 Å². The van der Waals surface area contributed by atoms with Crippen LogP contribution in [0.25, 0.3) is 0 Å². The summed E-state index contributed by atoms with van der Waals surface area (Å²) in [5, 5.41) is 6.60. The molecule has 0 radical (unpaired) electrons. The lowest BCUT2D eigenvalue weighted by Gasteiger charge is -2.34. The van der Waals surface area contributed by atoms with E-state index in [9.17, 15) is 9.18 Å². The highest BCUT2D eigenvalue weighted by molar-refractivity contribution is 5.85. The highest BCUT2D eigenvalue weighted by Gasteiger charge is 2.38. The summed E-state index contributed by atoms with van der Waals surface area (Å²) >= 11 is 0. The number of carbonyl (C=O) groups is 1. The summed E-state index contributed by atoms with van der Waals surface area (Å²) in [7, 11) is 0. The Hall–Kier alpha value is -1.13. The molecule has 0 unspecified atom stereocenters. The number of carbonyl (C=O) groups excluding carboxylic acids is 1. The minimum atomic E-state index is -0.282. The maximum atomic E-state index is 13.2. The molecule has 22 heavy (non-hydrogen) atoms. The average molecular weight is 327 g/mol. The van der Waals surface area contributed by atoms with Gasteiger partial charge in [0.2, 0.25) is 5.91 Å². The van der Waals surface area contributed by atoms with Crippen LogP contribution in [0.2, 0.25) is 0 Å². The Kier molecular flexibility index (Phi) is 5.81. The van der Waals surface area contributed by atoms with E-state index < -0.39 is 0 Å². The number of halogens is 2. The van der Waals surface area contributed by atoms with Crippen LogP contribution < -0.4 is 10.6 Å². The van der Waals surface area contributed by atoms with E-state index in [2.05, 4.69) is 10.6 Å². The fourth-order valence-electron chi connectivity index (χ4n) is 3.66. The van der Waals surface area contributed by atoms with Crippen molar-refractivity contribution in [3.05, 3.63) is 35.6 Å². The van der Waals surface area contributed by atoms with Gasteiger partial charge in [-0.15, -0.1) is 12.4 Å². The molecule has 2 fully saturated rings. The predicted octanol–water partition coefficient (Wildman–Crippen LogP) is 3.13. The van der Waals surface area contributed by atoms with Gasteiger partial charge in [0, 0.05) is 5.92 Å². The van der Waals surface area contributed by atoms with Gasteiger partial charge in [0.25, 0.3) is 0 Å². The van der Waals surface area contributed by atoms with Crippen LogP contribution in [0.1, 0.15) is 44.1 Å². The van der Waals surface area contributed by atoms with Crippen molar-refractivity contribution < 1.29 is 9.18 Å². The number of amides is 1. The molecule has 1 heterocycles. The Morgan fingerprint density at radius 2 is 1.73 bits per heavy atom. The van der Waals surface area contributed by atoms with Crippen LogP contribution in [0.5, 0.6) is 0 Å². The molecule has 1 aromatic carbocycles. The van der Waals surface area contributed by atoms with E-state index in [0.717, 1.165) is 57.2 Å². The first-order chi connectivity index (χ1) is 10.2. The van der Waals surface area contributed by atoms with Crippen LogP contribution in [0, 0.1) is 11.7 Å². The Labute approximate surface area is 137 Å². The smallest absolute Gasteiger partial charge is 0.223 e. The molecule has 1 aliphatic heterocycles. The SMILES string of the molecule is Cl.O=C(NC1(c2ccc(F)cc2)CCCC1)C1CCNCC1. The van der Waals surface area contributed by atoms with Crippen molar-refractivity contribution in [1.82, 2.24) is 10.6 Å². The molecule has 0 bridgehead atoms. The van der Waals surface area contributed by atoms with Crippen molar-refractivity contribution in [2.45, 2.75) is 44.1 Å². The van der Waals surface area contributed by atoms with Crippen LogP contribution in [-0.2, 0) is 10.3 Å². The number of benzene rings is 1. The lowest BCUT2D eigenvalue weighted by atomic mass is 9.86. The van der Waals surface area contributed by atoms with Crippen molar-refractivity contribution in [3.8, 4) is 0 Å². The van der Waals surface area contributed by atoms with Crippen LogP contribution >= 0.6 is 12.4 Å². The molecular weight excluding hydrogens is 303 g/mol. The molecule has 1 amide bonds. The molecule has 122 valence electrons. The van der Waals surface area contributed by atoms with E-state index in [-0.39, 0.29) is 35.6 Å². The summed E-state index contributed by atoms with van der Waals surface area (Å²) in [5.41, 5.74) is 0.763. The fraction of sp³-hybridized carbons (Fsp3) is 0.588. The molecule has 0 spiro atoms. The summed E-state index contributed by atoms with van der Waals surface area (Å²) in [6.07, 6.45) is 5.95. The predicted molar refractivity (Wildman–Crippen MR) is 87.5 cm³/mol. The van der Waals surface area contributed by atoms with Gasteiger partial charge in [-0.3, -0.25) is 4.79 Å². The van der Waals surface area contributed by atoms with Crippen LogP contribution in [0.15, 0.2) is 24.3 Å². The van der Waals surface area contributed by atoms with Crippen molar-refractivity contribution in [2.75, 3.05) is 13.1 Å². The maximum Gasteiger partial charge on any atom is 0.223 e. The Morgan fingerprint density at radius 1 is 1.14 bits per heavy atom. The number of piperidine rings is 1. The summed E-state index contributed by atoms with van der Waals surface area (Å²) in [4.78, 5) is 12.6. The second-order valence-electron chi connectivity index (χ2n) is 6.31. The third-order valence-electron chi connectivity index (χ3n) is 4.93. The highest BCUT2D eigenvalue weighted by Crippen LogP contribution is 2.39. The zero-order chi connectivity index (χ0) is 14.7. The second-order valence-corrected chi connectivity index (χ2v) is 6.31. The minimum Gasteiger partial charge on any atom is -0.346 e. The van der Waals surface area contributed by atoms with Gasteiger partial charge in [-0.25, -0.2) is 4.39 Å². The molecule has 2 N–H and O–H groups in total. The van der Waals surface area contributed by atoms with E-state index in [0.29, 0.717) is 0 Å². The third-order valence-corrected chi connectivity index (χ3v) is 4.93. The summed E-state index contributed by atoms with van der Waals surface area (Å²) in [5.74, 6) is 0.0588. The van der Waals surface area contributed by atoms with Gasteiger partial charge in [0.1, 0.15) is 5.82 Å². The average Bonchev–Trinajstić information content (AvgIpc) is 2.98. The third kappa shape index (κ3) is 3.61. The van der Waals surface area contributed by atoms with Crippen molar-refractivity contribution in [3.63, 3.8) is 0 Å².